The van der Waals surface area contributed by atoms with Gasteiger partial charge in [0.1, 0.15) is 12.4 Å². The second-order valence-electron chi connectivity index (χ2n) is 8.65. The minimum atomic E-state index is -0.413. The molecule has 0 spiro atoms. The Labute approximate surface area is 213 Å². The van der Waals surface area contributed by atoms with Gasteiger partial charge in [0.2, 0.25) is 0 Å². The molecule has 6 heteroatoms. The monoisotopic (exact) mass is 489 g/mol. The number of carbonyl (C=O) groups is 2. The van der Waals surface area contributed by atoms with E-state index in [2.05, 4.69) is 6.07 Å². The molecule has 0 aliphatic rings. The minimum absolute atomic E-state index is 0.221. The van der Waals surface area contributed by atoms with Crippen molar-refractivity contribution < 1.29 is 23.8 Å². The second kappa shape index (κ2) is 12.8. The molecule has 6 nitrogen and oxygen atoms in total. The van der Waals surface area contributed by atoms with Crippen molar-refractivity contribution in [2.24, 2.45) is 0 Å². The fraction of sp³-hybridized carbons (Fsp3) is 0.333. The molecule has 190 valence electrons. The van der Waals surface area contributed by atoms with E-state index < -0.39 is 5.92 Å². The zero-order chi connectivity index (χ0) is 26.1. The Balaban J connectivity index is 1.91. The highest BCUT2D eigenvalue weighted by Crippen LogP contribution is 2.36. The van der Waals surface area contributed by atoms with Crippen LogP contribution in [0.2, 0.25) is 0 Å². The Morgan fingerprint density at radius 2 is 1.67 bits per heavy atom. The molecule has 3 rings (SSSR count). The predicted molar refractivity (Wildman–Crippen MR) is 141 cm³/mol. The van der Waals surface area contributed by atoms with Crippen molar-refractivity contribution in [1.82, 2.24) is 4.90 Å². The summed E-state index contributed by atoms with van der Waals surface area (Å²) >= 11 is 0. The zero-order valence-electron chi connectivity index (χ0n) is 21.7. The van der Waals surface area contributed by atoms with Gasteiger partial charge in [-0.15, -0.1) is 0 Å². The standard InChI is InChI=1S/C30H35NO5/c1-6-31(30(33)36-20-23-11-9-8-10-12-23)19-25-17-21(3)13-15-26(25)27-18-24(14-16-28(27)34-5)22(4)29(32)35-7-2/h8-18,22H,6-7,19-20H2,1-5H3. The first-order valence-electron chi connectivity index (χ1n) is 12.3. The van der Waals surface area contributed by atoms with E-state index in [4.69, 9.17) is 14.2 Å². The Morgan fingerprint density at radius 3 is 2.33 bits per heavy atom. The van der Waals surface area contributed by atoms with Crippen LogP contribution in [0.5, 0.6) is 5.75 Å². The quantitative estimate of drug-likeness (QED) is 0.304. The summed E-state index contributed by atoms with van der Waals surface area (Å²) in [5, 5.41) is 0. The number of nitrogens with zero attached hydrogens (tertiary/aromatic N) is 1. The highest BCUT2D eigenvalue weighted by atomic mass is 16.6. The van der Waals surface area contributed by atoms with Gasteiger partial charge in [-0.25, -0.2) is 4.79 Å². The lowest BCUT2D eigenvalue weighted by Crippen LogP contribution is -2.31. The van der Waals surface area contributed by atoms with Crippen molar-refractivity contribution in [1.29, 1.82) is 0 Å². The number of benzene rings is 3. The Bertz CT molecular complexity index is 1180. The maximum atomic E-state index is 12.9. The highest BCUT2D eigenvalue weighted by molar-refractivity contribution is 5.81. The molecule has 0 saturated heterocycles. The first-order valence-corrected chi connectivity index (χ1v) is 12.3. The van der Waals surface area contributed by atoms with E-state index in [-0.39, 0.29) is 18.7 Å². The summed E-state index contributed by atoms with van der Waals surface area (Å²) in [6.07, 6.45) is -0.370. The van der Waals surface area contributed by atoms with E-state index in [0.29, 0.717) is 25.4 Å². The molecule has 0 fully saturated rings. The van der Waals surface area contributed by atoms with Gasteiger partial charge in [0.15, 0.2) is 0 Å². The van der Waals surface area contributed by atoms with Crippen LogP contribution in [0.4, 0.5) is 4.79 Å². The third-order valence-corrected chi connectivity index (χ3v) is 6.12. The van der Waals surface area contributed by atoms with Gasteiger partial charge in [-0.2, -0.15) is 0 Å². The Kier molecular flexibility index (Phi) is 9.51. The molecular weight excluding hydrogens is 454 g/mol. The van der Waals surface area contributed by atoms with E-state index >= 15 is 0 Å². The lowest BCUT2D eigenvalue weighted by molar-refractivity contribution is -0.144. The van der Waals surface area contributed by atoms with Gasteiger partial charge in [-0.1, -0.05) is 60.2 Å². The lowest BCUT2D eigenvalue weighted by atomic mass is 9.92. The van der Waals surface area contributed by atoms with Crippen LogP contribution in [0.25, 0.3) is 11.1 Å². The third kappa shape index (κ3) is 6.66. The number of rotatable bonds is 10. The number of carbonyl (C=O) groups excluding carboxylic acids is 2. The summed E-state index contributed by atoms with van der Waals surface area (Å²) in [5.41, 5.74) is 5.62. The summed E-state index contributed by atoms with van der Waals surface area (Å²) < 4.78 is 16.5. The van der Waals surface area contributed by atoms with Crippen LogP contribution in [0.1, 0.15) is 48.9 Å². The number of amides is 1. The van der Waals surface area contributed by atoms with Gasteiger partial charge in [0, 0.05) is 18.7 Å². The molecule has 0 aromatic heterocycles. The van der Waals surface area contributed by atoms with Gasteiger partial charge in [0.25, 0.3) is 0 Å². The fourth-order valence-electron chi connectivity index (χ4n) is 4.05. The van der Waals surface area contributed by atoms with Crippen LogP contribution in [0.3, 0.4) is 0 Å². The minimum Gasteiger partial charge on any atom is -0.496 e. The van der Waals surface area contributed by atoms with Crippen molar-refractivity contribution in [3.63, 3.8) is 0 Å². The van der Waals surface area contributed by atoms with Crippen LogP contribution >= 0.6 is 0 Å². The molecule has 0 heterocycles. The number of aryl methyl sites for hydroxylation is 1. The average Bonchev–Trinajstić information content (AvgIpc) is 2.90. The van der Waals surface area contributed by atoms with Crippen molar-refractivity contribution >= 4 is 12.1 Å². The van der Waals surface area contributed by atoms with Crippen molar-refractivity contribution in [2.45, 2.75) is 46.8 Å². The van der Waals surface area contributed by atoms with Gasteiger partial charge in [0.05, 0.1) is 19.6 Å². The molecule has 36 heavy (non-hydrogen) atoms. The Hall–Kier alpha value is -3.80. The molecular formula is C30H35NO5. The van der Waals surface area contributed by atoms with Crippen LogP contribution in [0.15, 0.2) is 66.7 Å². The molecule has 0 aliphatic carbocycles. The van der Waals surface area contributed by atoms with E-state index in [1.54, 1.807) is 18.9 Å². The maximum absolute atomic E-state index is 12.9. The molecule has 3 aromatic rings. The number of hydrogen-bond acceptors (Lipinski definition) is 5. The van der Waals surface area contributed by atoms with E-state index in [9.17, 15) is 9.59 Å². The Morgan fingerprint density at radius 1 is 0.917 bits per heavy atom. The summed E-state index contributed by atoms with van der Waals surface area (Å²) in [5.74, 6) is 0.00860. The van der Waals surface area contributed by atoms with Gasteiger partial charge in [-0.3, -0.25) is 4.79 Å². The summed E-state index contributed by atoms with van der Waals surface area (Å²) in [6, 6.07) is 21.5. The second-order valence-corrected chi connectivity index (χ2v) is 8.65. The third-order valence-electron chi connectivity index (χ3n) is 6.12. The molecule has 0 N–H and O–H groups in total. The number of ether oxygens (including phenoxy) is 3. The largest absolute Gasteiger partial charge is 0.496 e. The van der Waals surface area contributed by atoms with Crippen molar-refractivity contribution in [3.8, 4) is 16.9 Å². The van der Waals surface area contributed by atoms with E-state index in [1.165, 1.54) is 0 Å². The summed E-state index contributed by atoms with van der Waals surface area (Å²) in [7, 11) is 1.63. The predicted octanol–water partition coefficient (Wildman–Crippen LogP) is 6.50. The van der Waals surface area contributed by atoms with Crippen LogP contribution < -0.4 is 4.74 Å². The van der Waals surface area contributed by atoms with Crippen LogP contribution in [0, 0.1) is 6.92 Å². The fourth-order valence-corrected chi connectivity index (χ4v) is 4.05. The van der Waals surface area contributed by atoms with Gasteiger partial charge >= 0.3 is 12.1 Å². The van der Waals surface area contributed by atoms with E-state index in [0.717, 1.165) is 33.4 Å². The normalized spacial score (nSPS) is 11.5. The molecule has 1 atom stereocenters. The smallest absolute Gasteiger partial charge is 0.410 e. The molecule has 3 aromatic carbocycles. The maximum Gasteiger partial charge on any atom is 0.410 e. The highest BCUT2D eigenvalue weighted by Gasteiger charge is 2.21. The number of esters is 1. The van der Waals surface area contributed by atoms with Crippen LogP contribution in [-0.4, -0.2) is 37.2 Å². The molecule has 1 amide bonds. The summed E-state index contributed by atoms with van der Waals surface area (Å²) in [4.78, 5) is 27.0. The van der Waals surface area contributed by atoms with Crippen molar-refractivity contribution in [2.75, 3.05) is 20.3 Å². The first kappa shape index (κ1) is 26.8. The molecule has 0 bridgehead atoms. The molecule has 0 radical (unpaired) electrons. The van der Waals surface area contributed by atoms with Gasteiger partial charge < -0.3 is 19.1 Å². The summed E-state index contributed by atoms with van der Waals surface area (Å²) in [6.45, 7) is 9.02. The number of hydrogen-bond donors (Lipinski definition) is 0. The van der Waals surface area contributed by atoms with E-state index in [1.807, 2.05) is 81.4 Å². The zero-order valence-corrected chi connectivity index (χ0v) is 21.7. The molecule has 0 aliphatic heterocycles. The van der Waals surface area contributed by atoms with Crippen molar-refractivity contribution in [3.05, 3.63) is 89.0 Å². The molecule has 1 unspecified atom stereocenters. The molecule has 0 saturated carbocycles. The van der Waals surface area contributed by atoms with Crippen LogP contribution in [-0.2, 0) is 27.4 Å². The lowest BCUT2D eigenvalue weighted by Gasteiger charge is -2.23. The topological polar surface area (TPSA) is 65.1 Å². The average molecular weight is 490 g/mol. The first-order chi connectivity index (χ1) is 17.4. The number of methoxy groups -OCH3 is 1. The SMILES string of the molecule is CCOC(=O)C(C)c1ccc(OC)c(-c2ccc(C)cc2CN(CC)C(=O)OCc2ccccc2)c1. The van der Waals surface area contributed by atoms with Gasteiger partial charge in [-0.05, 0) is 62.1 Å².